The molecule has 152 valence electrons. The second-order valence-corrected chi connectivity index (χ2v) is 7.42. The van der Waals surface area contributed by atoms with E-state index in [4.69, 9.17) is 9.84 Å². The number of amides is 1. The fourth-order valence-corrected chi connectivity index (χ4v) is 3.96. The van der Waals surface area contributed by atoms with Gasteiger partial charge in [-0.3, -0.25) is 4.79 Å². The summed E-state index contributed by atoms with van der Waals surface area (Å²) in [5.74, 6) is 0.892. The molecule has 1 fully saturated rings. The van der Waals surface area contributed by atoms with Crippen molar-refractivity contribution in [3.63, 3.8) is 0 Å². The van der Waals surface area contributed by atoms with Gasteiger partial charge in [-0.2, -0.15) is 5.10 Å². The molecular weight excluding hydrogens is 366 g/mol. The number of ether oxygens (including phenoxy) is 1. The number of benzene rings is 1. The minimum atomic E-state index is -0.142. The Morgan fingerprint density at radius 3 is 2.93 bits per heavy atom. The summed E-state index contributed by atoms with van der Waals surface area (Å²) in [4.78, 5) is 19.5. The number of carbonyl (C=O) groups excluding carboxylic acids is 1. The molecule has 7 nitrogen and oxygen atoms in total. The minimum Gasteiger partial charge on any atom is -0.493 e. The molecule has 1 atom stereocenters. The highest BCUT2D eigenvalue weighted by atomic mass is 16.5. The molecule has 0 unspecified atom stereocenters. The zero-order valence-corrected chi connectivity index (χ0v) is 17.0. The Kier molecular flexibility index (Phi) is 5.76. The number of hydrogen-bond acceptors (Lipinski definition) is 5. The highest BCUT2D eigenvalue weighted by molar-refractivity contribution is 5.96. The van der Waals surface area contributed by atoms with E-state index < -0.39 is 0 Å². The van der Waals surface area contributed by atoms with E-state index in [1.54, 1.807) is 12.3 Å². The average Bonchev–Trinajstić information content (AvgIpc) is 3.32. The third kappa shape index (κ3) is 4.10. The van der Waals surface area contributed by atoms with Crippen LogP contribution in [-0.4, -0.2) is 58.9 Å². The van der Waals surface area contributed by atoms with Crippen LogP contribution < -0.4 is 10.1 Å². The molecule has 7 heteroatoms. The lowest BCUT2D eigenvalue weighted by Gasteiger charge is -2.10. The van der Waals surface area contributed by atoms with Crippen molar-refractivity contribution in [3.8, 4) is 5.75 Å². The first-order valence-corrected chi connectivity index (χ1v) is 10.2. The molecule has 1 saturated heterocycles. The van der Waals surface area contributed by atoms with Gasteiger partial charge in [0, 0.05) is 30.6 Å². The van der Waals surface area contributed by atoms with E-state index in [2.05, 4.69) is 28.3 Å². The molecule has 1 aromatic carbocycles. The highest BCUT2D eigenvalue weighted by Gasteiger charge is 2.26. The Labute approximate surface area is 170 Å². The van der Waals surface area contributed by atoms with Gasteiger partial charge in [-0.1, -0.05) is 12.1 Å². The second kappa shape index (κ2) is 8.61. The summed E-state index contributed by atoms with van der Waals surface area (Å²) in [6.45, 7) is 5.58. The lowest BCUT2D eigenvalue weighted by atomic mass is 10.0. The Balaban J connectivity index is 1.47. The van der Waals surface area contributed by atoms with Gasteiger partial charge in [0.25, 0.3) is 5.91 Å². The predicted molar refractivity (Wildman–Crippen MR) is 112 cm³/mol. The van der Waals surface area contributed by atoms with Crippen LogP contribution in [0.2, 0.25) is 0 Å². The molecule has 3 heterocycles. The summed E-state index contributed by atoms with van der Waals surface area (Å²) in [6, 6.07) is 11.4. The maximum Gasteiger partial charge on any atom is 0.255 e. The molecule has 1 aliphatic heterocycles. The number of likely N-dealkylation sites (tertiary alicyclic amines) is 1. The summed E-state index contributed by atoms with van der Waals surface area (Å²) in [5, 5.41) is 8.97. The standard InChI is InChI=1S/C22H27N5O2/c1-3-29-19-9-5-4-7-17(19)22(28)24-12-14-27-21-18(8-6-11-23-21)20(25-27)16-10-13-26(2)15-16/h4-9,11,16H,3,10,12-15H2,1-2H3,(H,24,28)/t16-/m1/s1. The molecule has 1 amide bonds. The third-order valence-corrected chi connectivity index (χ3v) is 5.35. The molecule has 2 aromatic heterocycles. The van der Waals surface area contributed by atoms with E-state index in [0.29, 0.717) is 36.9 Å². The molecule has 0 aliphatic carbocycles. The van der Waals surface area contributed by atoms with Crippen molar-refractivity contribution in [2.45, 2.75) is 25.8 Å². The molecule has 0 bridgehead atoms. The average molecular weight is 393 g/mol. The van der Waals surface area contributed by atoms with Gasteiger partial charge in [-0.15, -0.1) is 0 Å². The Morgan fingerprint density at radius 1 is 1.28 bits per heavy atom. The molecule has 3 aromatic rings. The third-order valence-electron chi connectivity index (χ3n) is 5.35. The molecule has 4 rings (SSSR count). The Hall–Kier alpha value is -2.93. The van der Waals surface area contributed by atoms with Crippen LogP contribution in [0.15, 0.2) is 42.6 Å². The molecule has 29 heavy (non-hydrogen) atoms. The van der Waals surface area contributed by atoms with Gasteiger partial charge in [0.05, 0.1) is 24.4 Å². The van der Waals surface area contributed by atoms with E-state index in [1.165, 1.54) is 0 Å². The fraction of sp³-hybridized carbons (Fsp3) is 0.409. The van der Waals surface area contributed by atoms with E-state index in [1.807, 2.05) is 35.9 Å². The number of rotatable bonds is 7. The van der Waals surface area contributed by atoms with Gasteiger partial charge in [-0.25, -0.2) is 9.67 Å². The minimum absolute atomic E-state index is 0.142. The highest BCUT2D eigenvalue weighted by Crippen LogP contribution is 2.30. The van der Waals surface area contributed by atoms with Crippen LogP contribution in [0.5, 0.6) is 5.75 Å². The maximum absolute atomic E-state index is 12.6. The lowest BCUT2D eigenvalue weighted by molar-refractivity contribution is 0.0948. The molecular formula is C22H27N5O2. The van der Waals surface area contributed by atoms with Crippen molar-refractivity contribution in [1.29, 1.82) is 0 Å². The van der Waals surface area contributed by atoms with E-state index in [-0.39, 0.29) is 5.91 Å². The summed E-state index contributed by atoms with van der Waals surface area (Å²) in [7, 11) is 2.15. The van der Waals surface area contributed by atoms with Crippen molar-refractivity contribution >= 4 is 16.9 Å². The number of likely N-dealkylation sites (N-methyl/N-ethyl adjacent to an activating group) is 1. The van der Waals surface area contributed by atoms with Crippen molar-refractivity contribution in [2.75, 3.05) is 33.3 Å². The number of para-hydroxylation sites is 1. The van der Waals surface area contributed by atoms with Gasteiger partial charge in [0.1, 0.15) is 5.75 Å². The van der Waals surface area contributed by atoms with Crippen LogP contribution in [0.3, 0.4) is 0 Å². The fourth-order valence-electron chi connectivity index (χ4n) is 3.96. The normalized spacial score (nSPS) is 17.0. The topological polar surface area (TPSA) is 72.3 Å². The SMILES string of the molecule is CCOc1ccccc1C(=O)NCCn1nc([C@@H]2CCN(C)C2)c2cccnc21. The first kappa shape index (κ1) is 19.4. The van der Waals surface area contributed by atoms with E-state index in [0.717, 1.165) is 36.2 Å². The Bertz CT molecular complexity index is 1000. The molecule has 1 N–H and O–H groups in total. The number of aromatic nitrogens is 3. The van der Waals surface area contributed by atoms with Crippen LogP contribution in [0.4, 0.5) is 0 Å². The number of fused-ring (bicyclic) bond motifs is 1. The first-order chi connectivity index (χ1) is 14.2. The summed E-state index contributed by atoms with van der Waals surface area (Å²) < 4.78 is 7.47. The predicted octanol–water partition coefficient (Wildman–Crippen LogP) is 2.68. The molecule has 0 saturated carbocycles. The van der Waals surface area contributed by atoms with Crippen LogP contribution in [0.1, 0.15) is 35.3 Å². The smallest absolute Gasteiger partial charge is 0.255 e. The number of hydrogen-bond donors (Lipinski definition) is 1. The second-order valence-electron chi connectivity index (χ2n) is 7.42. The zero-order chi connectivity index (χ0) is 20.2. The lowest BCUT2D eigenvalue weighted by Crippen LogP contribution is -2.28. The first-order valence-electron chi connectivity index (χ1n) is 10.2. The summed E-state index contributed by atoms with van der Waals surface area (Å²) in [5.41, 5.74) is 2.54. The van der Waals surface area contributed by atoms with Crippen LogP contribution in [-0.2, 0) is 6.54 Å². The van der Waals surface area contributed by atoms with Crippen LogP contribution in [0.25, 0.3) is 11.0 Å². The van der Waals surface area contributed by atoms with Crippen molar-refractivity contribution in [3.05, 3.63) is 53.9 Å². The number of carbonyl (C=O) groups is 1. The number of pyridine rings is 1. The summed E-state index contributed by atoms with van der Waals surface area (Å²) >= 11 is 0. The van der Waals surface area contributed by atoms with E-state index in [9.17, 15) is 4.79 Å². The number of nitrogens with zero attached hydrogens (tertiary/aromatic N) is 4. The zero-order valence-electron chi connectivity index (χ0n) is 17.0. The quantitative estimate of drug-likeness (QED) is 0.668. The maximum atomic E-state index is 12.6. The van der Waals surface area contributed by atoms with Crippen LogP contribution in [0, 0.1) is 0 Å². The van der Waals surface area contributed by atoms with Gasteiger partial charge in [0.2, 0.25) is 0 Å². The Morgan fingerprint density at radius 2 is 2.14 bits per heavy atom. The molecule has 0 radical (unpaired) electrons. The monoisotopic (exact) mass is 393 g/mol. The summed E-state index contributed by atoms with van der Waals surface area (Å²) in [6.07, 6.45) is 2.91. The van der Waals surface area contributed by atoms with Gasteiger partial charge in [0.15, 0.2) is 5.65 Å². The molecule has 0 spiro atoms. The van der Waals surface area contributed by atoms with Crippen LogP contribution >= 0.6 is 0 Å². The van der Waals surface area contributed by atoms with Crippen molar-refractivity contribution in [1.82, 2.24) is 25.0 Å². The van der Waals surface area contributed by atoms with Crippen molar-refractivity contribution < 1.29 is 9.53 Å². The number of nitrogens with one attached hydrogen (secondary N) is 1. The molecule has 1 aliphatic rings. The van der Waals surface area contributed by atoms with Gasteiger partial charge >= 0.3 is 0 Å². The van der Waals surface area contributed by atoms with Crippen molar-refractivity contribution in [2.24, 2.45) is 0 Å². The van der Waals surface area contributed by atoms with Gasteiger partial charge in [-0.05, 0) is 51.2 Å². The largest absolute Gasteiger partial charge is 0.493 e. The van der Waals surface area contributed by atoms with E-state index >= 15 is 0 Å². The van der Waals surface area contributed by atoms with Gasteiger partial charge < -0.3 is 15.0 Å².